The van der Waals surface area contributed by atoms with Crippen LogP contribution in [0.1, 0.15) is 23.8 Å². The lowest BCUT2D eigenvalue weighted by molar-refractivity contribution is 0.0105. The zero-order valence-corrected chi connectivity index (χ0v) is 10.7. The first-order valence-corrected chi connectivity index (χ1v) is 6.85. The van der Waals surface area contributed by atoms with Gasteiger partial charge in [-0.15, -0.1) is 5.10 Å². The Morgan fingerprint density at radius 3 is 2.94 bits per heavy atom. The molecule has 1 amide bonds. The topological polar surface area (TPSA) is 49.3 Å². The average Bonchev–Trinajstić information content (AvgIpc) is 2.95. The molecule has 1 spiro atoms. The second kappa shape index (κ2) is 4.03. The van der Waals surface area contributed by atoms with Gasteiger partial charge in [0, 0.05) is 30.4 Å². The molecule has 0 bridgehead atoms. The molecular formula is C11H16N4OS. The van der Waals surface area contributed by atoms with Crippen molar-refractivity contribution in [1.82, 2.24) is 19.4 Å². The first-order valence-electron chi connectivity index (χ1n) is 6.01. The van der Waals surface area contributed by atoms with Crippen molar-refractivity contribution in [3.8, 4) is 0 Å². The summed E-state index contributed by atoms with van der Waals surface area (Å²) in [6.07, 6.45) is 1.22. The monoisotopic (exact) mass is 252 g/mol. The molecule has 92 valence electrons. The fourth-order valence-electron chi connectivity index (χ4n) is 2.88. The number of hydrogen-bond acceptors (Lipinski definition) is 5. The summed E-state index contributed by atoms with van der Waals surface area (Å²) in [5, 5.41) is 5.55. The number of hydrogen-bond donors (Lipinski definition) is 0. The van der Waals surface area contributed by atoms with E-state index in [-0.39, 0.29) is 5.91 Å². The highest BCUT2D eigenvalue weighted by molar-refractivity contribution is 7.03. The maximum absolute atomic E-state index is 12.0. The van der Waals surface area contributed by atoms with E-state index in [0.717, 1.165) is 26.2 Å². The van der Waals surface area contributed by atoms with E-state index in [1.54, 1.807) is 5.38 Å². The van der Waals surface area contributed by atoms with Gasteiger partial charge < -0.3 is 9.80 Å². The number of carbonyl (C=O) groups excluding carboxylic acids is 1. The fourth-order valence-corrected chi connectivity index (χ4v) is 3.31. The van der Waals surface area contributed by atoms with Crippen molar-refractivity contribution in [3.05, 3.63) is 11.1 Å². The summed E-state index contributed by atoms with van der Waals surface area (Å²) in [5.74, 6) is 0.0410. The first-order chi connectivity index (χ1) is 8.22. The quantitative estimate of drug-likeness (QED) is 0.777. The van der Waals surface area contributed by atoms with Gasteiger partial charge in [-0.2, -0.15) is 0 Å². The van der Waals surface area contributed by atoms with Crippen LogP contribution in [-0.2, 0) is 0 Å². The molecule has 6 heteroatoms. The summed E-state index contributed by atoms with van der Waals surface area (Å²) in [7, 11) is 0. The van der Waals surface area contributed by atoms with Gasteiger partial charge in [0.15, 0.2) is 5.69 Å². The van der Waals surface area contributed by atoms with Crippen LogP contribution < -0.4 is 0 Å². The Morgan fingerprint density at radius 2 is 2.35 bits per heavy atom. The molecule has 0 atom stereocenters. The maximum Gasteiger partial charge on any atom is 0.275 e. The van der Waals surface area contributed by atoms with Crippen molar-refractivity contribution in [2.45, 2.75) is 13.3 Å². The Balaban J connectivity index is 1.60. The number of carbonyl (C=O) groups is 1. The summed E-state index contributed by atoms with van der Waals surface area (Å²) in [6, 6.07) is 0. The van der Waals surface area contributed by atoms with Crippen molar-refractivity contribution >= 4 is 17.4 Å². The van der Waals surface area contributed by atoms with E-state index in [1.165, 1.54) is 24.5 Å². The summed E-state index contributed by atoms with van der Waals surface area (Å²) in [4.78, 5) is 16.4. The Morgan fingerprint density at radius 1 is 1.53 bits per heavy atom. The van der Waals surface area contributed by atoms with E-state index in [1.807, 2.05) is 4.90 Å². The van der Waals surface area contributed by atoms with Crippen molar-refractivity contribution in [3.63, 3.8) is 0 Å². The molecule has 3 heterocycles. The van der Waals surface area contributed by atoms with Crippen LogP contribution in [0.3, 0.4) is 0 Å². The van der Waals surface area contributed by atoms with E-state index in [0.29, 0.717) is 11.1 Å². The standard InChI is InChI=1S/C11H16N4OS/c1-2-14-4-3-11(6-14)7-15(8-11)10(16)9-5-17-13-12-9/h5H,2-4,6-8H2,1H3. The molecule has 17 heavy (non-hydrogen) atoms. The Hall–Kier alpha value is -1.01. The van der Waals surface area contributed by atoms with E-state index in [4.69, 9.17) is 0 Å². The van der Waals surface area contributed by atoms with Crippen LogP contribution in [0.15, 0.2) is 5.38 Å². The minimum Gasteiger partial charge on any atom is -0.336 e. The lowest BCUT2D eigenvalue weighted by Gasteiger charge is -2.47. The molecule has 0 aliphatic carbocycles. The summed E-state index contributed by atoms with van der Waals surface area (Å²) < 4.78 is 3.73. The number of amides is 1. The minimum absolute atomic E-state index is 0.0410. The van der Waals surface area contributed by atoms with Gasteiger partial charge in [-0.3, -0.25) is 4.79 Å². The third kappa shape index (κ3) is 1.85. The van der Waals surface area contributed by atoms with E-state index < -0.39 is 0 Å². The Kier molecular flexibility index (Phi) is 2.63. The molecule has 0 unspecified atom stereocenters. The Labute approximate surface area is 105 Å². The van der Waals surface area contributed by atoms with Gasteiger partial charge in [0.05, 0.1) is 0 Å². The summed E-state index contributed by atoms with van der Waals surface area (Å²) in [6.45, 7) is 7.41. The van der Waals surface area contributed by atoms with Crippen LogP contribution in [0, 0.1) is 5.41 Å². The molecule has 0 N–H and O–H groups in total. The lowest BCUT2D eigenvalue weighted by atomic mass is 9.79. The molecule has 2 saturated heterocycles. The van der Waals surface area contributed by atoms with E-state index in [2.05, 4.69) is 21.4 Å². The van der Waals surface area contributed by atoms with Crippen LogP contribution in [0.4, 0.5) is 0 Å². The van der Waals surface area contributed by atoms with Gasteiger partial charge >= 0.3 is 0 Å². The van der Waals surface area contributed by atoms with Crippen LogP contribution in [0.2, 0.25) is 0 Å². The fraction of sp³-hybridized carbons (Fsp3) is 0.727. The SMILES string of the molecule is CCN1CCC2(C1)CN(C(=O)c1csnn1)C2. The highest BCUT2D eigenvalue weighted by Gasteiger charge is 2.49. The molecule has 2 aliphatic heterocycles. The zero-order chi connectivity index (χ0) is 11.9. The summed E-state index contributed by atoms with van der Waals surface area (Å²) >= 11 is 1.23. The third-order valence-electron chi connectivity index (χ3n) is 3.88. The van der Waals surface area contributed by atoms with E-state index >= 15 is 0 Å². The van der Waals surface area contributed by atoms with Gasteiger partial charge in [-0.05, 0) is 31.0 Å². The first kappa shape index (κ1) is 11.1. The highest BCUT2D eigenvalue weighted by atomic mass is 32.1. The largest absolute Gasteiger partial charge is 0.336 e. The van der Waals surface area contributed by atoms with E-state index in [9.17, 15) is 4.79 Å². The lowest BCUT2D eigenvalue weighted by Crippen LogP contribution is -2.59. The van der Waals surface area contributed by atoms with Crippen LogP contribution in [0.5, 0.6) is 0 Å². The average molecular weight is 252 g/mol. The number of rotatable bonds is 2. The van der Waals surface area contributed by atoms with Gasteiger partial charge in [0.2, 0.25) is 0 Å². The number of nitrogens with zero attached hydrogens (tertiary/aromatic N) is 4. The molecular weight excluding hydrogens is 236 g/mol. The van der Waals surface area contributed by atoms with Crippen molar-refractivity contribution in [1.29, 1.82) is 0 Å². The zero-order valence-electron chi connectivity index (χ0n) is 9.93. The van der Waals surface area contributed by atoms with Crippen LogP contribution >= 0.6 is 11.5 Å². The van der Waals surface area contributed by atoms with Crippen LogP contribution in [-0.4, -0.2) is 58.0 Å². The summed E-state index contributed by atoms with van der Waals surface area (Å²) in [5.41, 5.74) is 0.866. The molecule has 2 aliphatic rings. The molecule has 0 saturated carbocycles. The van der Waals surface area contributed by atoms with Gasteiger partial charge in [0.25, 0.3) is 5.91 Å². The highest BCUT2D eigenvalue weighted by Crippen LogP contribution is 2.39. The van der Waals surface area contributed by atoms with Gasteiger partial charge in [-0.25, -0.2) is 0 Å². The number of likely N-dealkylation sites (tertiary alicyclic amines) is 2. The molecule has 1 aromatic rings. The van der Waals surface area contributed by atoms with Gasteiger partial charge in [-0.1, -0.05) is 11.4 Å². The molecule has 0 radical (unpaired) electrons. The molecule has 5 nitrogen and oxygen atoms in total. The normalized spacial score (nSPS) is 23.0. The maximum atomic E-state index is 12.0. The predicted octanol–water partition coefficient (Wildman–Crippen LogP) is 0.706. The molecule has 1 aromatic heterocycles. The van der Waals surface area contributed by atoms with Crippen LogP contribution in [0.25, 0.3) is 0 Å². The van der Waals surface area contributed by atoms with Crippen molar-refractivity contribution in [2.75, 3.05) is 32.7 Å². The van der Waals surface area contributed by atoms with Gasteiger partial charge in [0.1, 0.15) is 0 Å². The molecule has 2 fully saturated rings. The van der Waals surface area contributed by atoms with Crippen molar-refractivity contribution < 1.29 is 4.79 Å². The second-order valence-corrected chi connectivity index (χ2v) is 5.68. The third-order valence-corrected chi connectivity index (χ3v) is 4.39. The minimum atomic E-state index is 0.0410. The Bertz CT molecular complexity index is 413. The smallest absolute Gasteiger partial charge is 0.275 e. The van der Waals surface area contributed by atoms with Crippen molar-refractivity contribution in [2.24, 2.45) is 5.41 Å². The number of aromatic nitrogens is 2. The molecule has 3 rings (SSSR count). The second-order valence-electron chi connectivity index (χ2n) is 5.07. The molecule has 0 aromatic carbocycles. The predicted molar refractivity (Wildman–Crippen MR) is 65.0 cm³/mol.